The van der Waals surface area contributed by atoms with Gasteiger partial charge in [0.05, 0.1) is 17.0 Å². The SMILES string of the molecule is CN(Cc1c(F)cccc1Cl)C(=O)Cc1csc(-c2cc(Br)cs2)n1. The topological polar surface area (TPSA) is 33.2 Å². The third kappa shape index (κ3) is 4.47. The van der Waals surface area contributed by atoms with E-state index in [9.17, 15) is 9.18 Å². The standard InChI is InChI=1S/C17H13BrClFN2OS2/c1-22(7-12-13(19)3-2-4-14(12)20)16(23)6-11-9-25-17(21-11)15-5-10(18)8-24-15/h2-5,8-9H,6-7H2,1H3. The van der Waals surface area contributed by atoms with Gasteiger partial charge in [-0.2, -0.15) is 0 Å². The molecule has 0 radical (unpaired) electrons. The van der Waals surface area contributed by atoms with Crippen molar-refractivity contribution in [2.75, 3.05) is 7.05 Å². The molecular formula is C17H13BrClFN2OS2. The Morgan fingerprint density at radius 2 is 2.16 bits per heavy atom. The number of aromatic nitrogens is 1. The van der Waals surface area contributed by atoms with Crippen LogP contribution in [0.4, 0.5) is 4.39 Å². The first-order chi connectivity index (χ1) is 11.9. The van der Waals surface area contributed by atoms with E-state index in [1.54, 1.807) is 30.5 Å². The predicted octanol–water partition coefficient (Wildman–Crippen LogP) is 5.63. The van der Waals surface area contributed by atoms with Crippen LogP contribution in [0.15, 0.2) is 39.5 Å². The second kappa shape index (κ2) is 7.95. The Bertz CT molecular complexity index is 891. The molecule has 0 bridgehead atoms. The molecule has 25 heavy (non-hydrogen) atoms. The highest BCUT2D eigenvalue weighted by atomic mass is 79.9. The molecule has 1 amide bonds. The van der Waals surface area contributed by atoms with Crippen molar-refractivity contribution < 1.29 is 9.18 Å². The number of benzene rings is 1. The van der Waals surface area contributed by atoms with Crippen LogP contribution >= 0.6 is 50.2 Å². The third-order valence-corrected chi connectivity index (χ3v) is 6.65. The molecule has 0 saturated carbocycles. The minimum atomic E-state index is -0.411. The fraction of sp³-hybridized carbons (Fsp3) is 0.176. The number of rotatable bonds is 5. The molecule has 0 saturated heterocycles. The maximum absolute atomic E-state index is 13.9. The summed E-state index contributed by atoms with van der Waals surface area (Å²) in [5.41, 5.74) is 1.03. The molecule has 0 aliphatic rings. The average molecular weight is 460 g/mol. The molecule has 1 aromatic carbocycles. The second-order valence-electron chi connectivity index (χ2n) is 5.40. The molecular weight excluding hydrogens is 447 g/mol. The molecule has 0 N–H and O–H groups in total. The van der Waals surface area contributed by atoms with Crippen LogP contribution in [0.25, 0.3) is 9.88 Å². The fourth-order valence-corrected chi connectivity index (χ4v) is 4.78. The summed E-state index contributed by atoms with van der Waals surface area (Å²) in [4.78, 5) is 19.4. The van der Waals surface area contributed by atoms with E-state index < -0.39 is 5.82 Å². The van der Waals surface area contributed by atoms with Crippen LogP contribution in [0.1, 0.15) is 11.3 Å². The number of carbonyl (C=O) groups excluding carboxylic acids is 1. The Balaban J connectivity index is 1.67. The highest BCUT2D eigenvalue weighted by molar-refractivity contribution is 9.10. The number of carbonyl (C=O) groups is 1. The van der Waals surface area contributed by atoms with Crippen molar-refractivity contribution in [3.8, 4) is 9.88 Å². The molecule has 0 unspecified atom stereocenters. The Morgan fingerprint density at radius 1 is 1.36 bits per heavy atom. The van der Waals surface area contributed by atoms with E-state index in [1.807, 2.05) is 16.8 Å². The first-order valence-electron chi connectivity index (χ1n) is 7.29. The first kappa shape index (κ1) is 18.5. The van der Waals surface area contributed by atoms with Gasteiger partial charge in [0.2, 0.25) is 5.91 Å². The number of thiophene rings is 1. The molecule has 0 aliphatic heterocycles. The largest absolute Gasteiger partial charge is 0.341 e. The van der Waals surface area contributed by atoms with E-state index >= 15 is 0 Å². The molecule has 0 atom stereocenters. The summed E-state index contributed by atoms with van der Waals surface area (Å²) in [5.74, 6) is -0.546. The molecule has 130 valence electrons. The summed E-state index contributed by atoms with van der Waals surface area (Å²) in [7, 11) is 1.63. The van der Waals surface area contributed by atoms with Crippen LogP contribution in [-0.4, -0.2) is 22.8 Å². The average Bonchev–Trinajstić information content (AvgIpc) is 3.19. The van der Waals surface area contributed by atoms with E-state index in [1.165, 1.54) is 22.3 Å². The summed E-state index contributed by atoms with van der Waals surface area (Å²) in [6, 6.07) is 6.50. The minimum Gasteiger partial charge on any atom is -0.341 e. The van der Waals surface area contributed by atoms with E-state index in [4.69, 9.17) is 11.6 Å². The van der Waals surface area contributed by atoms with Crippen LogP contribution < -0.4 is 0 Å². The molecule has 2 heterocycles. The van der Waals surface area contributed by atoms with Crippen LogP contribution in [0.3, 0.4) is 0 Å². The monoisotopic (exact) mass is 458 g/mol. The molecule has 3 nitrogen and oxygen atoms in total. The normalized spacial score (nSPS) is 10.9. The summed E-state index contributed by atoms with van der Waals surface area (Å²) >= 11 is 12.5. The second-order valence-corrected chi connectivity index (χ2v) is 8.49. The highest BCUT2D eigenvalue weighted by Gasteiger charge is 2.16. The number of halogens is 3. The maximum atomic E-state index is 13.9. The fourth-order valence-electron chi connectivity index (χ4n) is 2.23. The van der Waals surface area contributed by atoms with Crippen molar-refractivity contribution in [3.63, 3.8) is 0 Å². The molecule has 3 aromatic rings. The summed E-state index contributed by atoms with van der Waals surface area (Å²) < 4.78 is 14.9. The van der Waals surface area contributed by atoms with Crippen LogP contribution in [0, 0.1) is 5.82 Å². The molecule has 2 aromatic heterocycles. The molecule has 0 spiro atoms. The van der Waals surface area contributed by atoms with E-state index in [0.29, 0.717) is 16.3 Å². The molecule has 0 fully saturated rings. The Hall–Kier alpha value is -1.28. The lowest BCUT2D eigenvalue weighted by Gasteiger charge is -2.18. The van der Waals surface area contributed by atoms with Gasteiger partial charge < -0.3 is 4.90 Å². The van der Waals surface area contributed by atoms with Crippen molar-refractivity contribution in [2.24, 2.45) is 0 Å². The Labute approximate surface area is 166 Å². The number of hydrogen-bond acceptors (Lipinski definition) is 4. The van der Waals surface area contributed by atoms with Gasteiger partial charge >= 0.3 is 0 Å². The zero-order valence-electron chi connectivity index (χ0n) is 13.1. The molecule has 3 rings (SSSR count). The number of nitrogens with zero attached hydrogens (tertiary/aromatic N) is 2. The van der Waals surface area contributed by atoms with Gasteiger partial charge in [0.15, 0.2) is 0 Å². The summed E-state index contributed by atoms with van der Waals surface area (Å²) in [6.45, 7) is 0.124. The van der Waals surface area contributed by atoms with Crippen molar-refractivity contribution >= 4 is 56.1 Å². The van der Waals surface area contributed by atoms with Gasteiger partial charge in [-0.25, -0.2) is 9.37 Å². The Kier molecular flexibility index (Phi) is 5.89. The van der Waals surface area contributed by atoms with Gasteiger partial charge in [-0.05, 0) is 34.1 Å². The van der Waals surface area contributed by atoms with Crippen molar-refractivity contribution in [1.82, 2.24) is 9.88 Å². The van der Waals surface area contributed by atoms with Gasteiger partial charge in [-0.1, -0.05) is 17.7 Å². The third-order valence-electron chi connectivity index (χ3n) is 3.55. The van der Waals surface area contributed by atoms with Crippen LogP contribution in [-0.2, 0) is 17.8 Å². The maximum Gasteiger partial charge on any atom is 0.228 e. The number of likely N-dealkylation sites (N-methyl/N-ethyl adjacent to an activating group) is 1. The number of thiazole rings is 1. The quantitative estimate of drug-likeness (QED) is 0.495. The minimum absolute atomic E-state index is 0.124. The number of hydrogen-bond donors (Lipinski definition) is 0. The molecule has 8 heteroatoms. The number of amides is 1. The molecule has 0 aliphatic carbocycles. The highest BCUT2D eigenvalue weighted by Crippen LogP contribution is 2.32. The van der Waals surface area contributed by atoms with Crippen molar-refractivity contribution in [3.05, 3.63) is 61.6 Å². The summed E-state index contributed by atoms with van der Waals surface area (Å²) in [6.07, 6.45) is 0.172. The first-order valence-corrected chi connectivity index (χ1v) is 10.2. The Morgan fingerprint density at radius 3 is 2.84 bits per heavy atom. The van der Waals surface area contributed by atoms with Gasteiger partial charge in [-0.15, -0.1) is 22.7 Å². The lowest BCUT2D eigenvalue weighted by atomic mass is 10.2. The van der Waals surface area contributed by atoms with Gasteiger partial charge in [-0.3, -0.25) is 4.79 Å². The van der Waals surface area contributed by atoms with Gasteiger partial charge in [0.1, 0.15) is 10.8 Å². The van der Waals surface area contributed by atoms with Gasteiger partial charge in [0, 0.05) is 39.4 Å². The zero-order chi connectivity index (χ0) is 18.0. The van der Waals surface area contributed by atoms with Crippen LogP contribution in [0.5, 0.6) is 0 Å². The van der Waals surface area contributed by atoms with Crippen molar-refractivity contribution in [1.29, 1.82) is 0 Å². The van der Waals surface area contributed by atoms with Crippen LogP contribution in [0.2, 0.25) is 5.02 Å². The summed E-state index contributed by atoms with van der Waals surface area (Å²) in [5, 5.41) is 5.08. The lowest BCUT2D eigenvalue weighted by Crippen LogP contribution is -2.28. The van der Waals surface area contributed by atoms with E-state index in [2.05, 4.69) is 20.9 Å². The van der Waals surface area contributed by atoms with Gasteiger partial charge in [0.25, 0.3) is 0 Å². The predicted molar refractivity (Wildman–Crippen MR) is 105 cm³/mol. The van der Waals surface area contributed by atoms with E-state index in [-0.39, 0.29) is 18.9 Å². The smallest absolute Gasteiger partial charge is 0.228 e. The van der Waals surface area contributed by atoms with Crippen molar-refractivity contribution in [2.45, 2.75) is 13.0 Å². The van der Waals surface area contributed by atoms with E-state index in [0.717, 1.165) is 14.4 Å². The lowest BCUT2D eigenvalue weighted by molar-refractivity contribution is -0.129. The zero-order valence-corrected chi connectivity index (χ0v) is 17.1.